The molecule has 0 fully saturated rings. The van der Waals surface area contributed by atoms with Gasteiger partial charge in [0, 0.05) is 6.20 Å². The van der Waals surface area contributed by atoms with Crippen LogP contribution in [0.4, 0.5) is 0 Å². The lowest BCUT2D eigenvalue weighted by Crippen LogP contribution is -2.20. The molecule has 0 radical (unpaired) electrons. The largest absolute Gasteiger partial charge is 0.353 e. The van der Waals surface area contributed by atoms with Crippen LogP contribution < -0.4 is 11.1 Å². The van der Waals surface area contributed by atoms with Crippen molar-refractivity contribution in [2.75, 3.05) is 0 Å². The fourth-order valence-electron chi connectivity index (χ4n) is 0.376. The van der Waals surface area contributed by atoms with Gasteiger partial charge in [-0.1, -0.05) is 0 Å². The highest BCUT2D eigenvalue weighted by atomic mass is 15.0. The maximum absolute atomic E-state index is 5.31. The molecule has 0 saturated heterocycles. The van der Waals surface area contributed by atoms with Gasteiger partial charge in [-0.05, 0) is 6.08 Å². The van der Waals surface area contributed by atoms with Crippen LogP contribution in [0.5, 0.6) is 0 Å². The molecule has 3 N–H and O–H groups in total. The van der Waals surface area contributed by atoms with Gasteiger partial charge >= 0.3 is 0 Å². The predicted octanol–water partition coefficient (Wildman–Crippen LogP) is -0.584. The van der Waals surface area contributed by atoms with Crippen LogP contribution in [0, 0.1) is 0 Å². The highest BCUT2D eigenvalue weighted by Gasteiger charge is 1.90. The van der Waals surface area contributed by atoms with Crippen LogP contribution in [0.3, 0.4) is 0 Å². The lowest BCUT2D eigenvalue weighted by molar-refractivity contribution is 0.854. The van der Waals surface area contributed by atoms with Crippen molar-refractivity contribution in [2.45, 2.75) is 6.17 Å². The van der Waals surface area contributed by atoms with Gasteiger partial charge in [0.2, 0.25) is 0 Å². The van der Waals surface area contributed by atoms with Crippen LogP contribution >= 0.6 is 0 Å². The Labute approximate surface area is 41.9 Å². The van der Waals surface area contributed by atoms with Gasteiger partial charge in [0.1, 0.15) is 6.17 Å². The smallest absolute Gasteiger partial charge is 0.119 e. The van der Waals surface area contributed by atoms with Crippen LogP contribution in [0.2, 0.25) is 0 Å². The summed E-state index contributed by atoms with van der Waals surface area (Å²) >= 11 is 0. The Morgan fingerprint density at radius 2 is 2.57 bits per heavy atom. The number of nitrogens with one attached hydrogen (secondary N) is 1. The van der Waals surface area contributed by atoms with Gasteiger partial charge in [-0.15, -0.1) is 0 Å². The maximum atomic E-state index is 5.31. The monoisotopic (exact) mass is 97.1 g/mol. The Balaban J connectivity index is 2.49. The quantitative estimate of drug-likeness (QED) is 0.424. The topological polar surface area (TPSA) is 50.4 Å². The van der Waals surface area contributed by atoms with Crippen LogP contribution in [0.15, 0.2) is 17.3 Å². The molecule has 0 aliphatic carbocycles. The maximum Gasteiger partial charge on any atom is 0.119 e. The molecule has 1 rings (SSSR count). The van der Waals surface area contributed by atoms with E-state index in [9.17, 15) is 0 Å². The SMILES string of the molecule is NC1C=CNC=N1. The molecule has 1 aliphatic rings. The number of nitrogens with two attached hydrogens (primary N) is 1. The van der Waals surface area contributed by atoms with Crippen LogP contribution in [0.25, 0.3) is 0 Å². The normalized spacial score (nSPS) is 27.3. The molecule has 0 spiro atoms. The van der Waals surface area contributed by atoms with Gasteiger partial charge in [0.25, 0.3) is 0 Å². The lowest BCUT2D eigenvalue weighted by atomic mass is 10.5. The van der Waals surface area contributed by atoms with Gasteiger partial charge < -0.3 is 11.1 Å². The second-order valence-electron chi connectivity index (χ2n) is 1.29. The number of hydrogen-bond donors (Lipinski definition) is 2. The molecule has 3 heteroatoms. The van der Waals surface area contributed by atoms with Crippen molar-refractivity contribution in [3.8, 4) is 0 Å². The summed E-state index contributed by atoms with van der Waals surface area (Å²) in [5, 5.41) is 2.76. The van der Waals surface area contributed by atoms with E-state index in [1.165, 1.54) is 0 Å². The van der Waals surface area contributed by atoms with Crippen LogP contribution in [-0.4, -0.2) is 12.5 Å². The molecule has 1 aliphatic heterocycles. The zero-order valence-corrected chi connectivity index (χ0v) is 3.83. The molecule has 1 unspecified atom stereocenters. The van der Waals surface area contributed by atoms with Crippen molar-refractivity contribution in [2.24, 2.45) is 10.7 Å². The second-order valence-corrected chi connectivity index (χ2v) is 1.29. The first-order valence-corrected chi connectivity index (χ1v) is 2.09. The second kappa shape index (κ2) is 1.75. The summed E-state index contributed by atoms with van der Waals surface area (Å²) in [4.78, 5) is 3.78. The molecule has 0 bridgehead atoms. The third-order valence-electron chi connectivity index (χ3n) is 0.711. The lowest BCUT2D eigenvalue weighted by Gasteiger charge is -2.02. The zero-order chi connectivity index (χ0) is 5.11. The summed E-state index contributed by atoms with van der Waals surface area (Å²) in [5.41, 5.74) is 5.31. The van der Waals surface area contributed by atoms with Crippen molar-refractivity contribution < 1.29 is 0 Å². The summed E-state index contributed by atoms with van der Waals surface area (Å²) in [6.45, 7) is 0. The minimum Gasteiger partial charge on any atom is -0.353 e. The molecule has 7 heavy (non-hydrogen) atoms. The highest BCUT2D eigenvalue weighted by Crippen LogP contribution is 1.83. The fraction of sp³-hybridized carbons (Fsp3) is 0.250. The van der Waals surface area contributed by atoms with E-state index in [0.29, 0.717) is 0 Å². The van der Waals surface area contributed by atoms with Crippen molar-refractivity contribution in [3.63, 3.8) is 0 Å². The molecule has 0 aromatic carbocycles. The molecular weight excluding hydrogens is 90.1 g/mol. The van der Waals surface area contributed by atoms with Gasteiger partial charge in [0.05, 0.1) is 6.34 Å². The first-order chi connectivity index (χ1) is 3.39. The van der Waals surface area contributed by atoms with Crippen molar-refractivity contribution in [1.29, 1.82) is 0 Å². The number of hydrogen-bond acceptors (Lipinski definition) is 3. The Kier molecular flexibility index (Phi) is 1.08. The molecule has 0 saturated carbocycles. The van der Waals surface area contributed by atoms with Gasteiger partial charge in [-0.3, -0.25) is 4.99 Å². The van der Waals surface area contributed by atoms with E-state index in [1.54, 1.807) is 18.6 Å². The predicted molar refractivity (Wildman–Crippen MR) is 28.7 cm³/mol. The summed E-state index contributed by atoms with van der Waals surface area (Å²) in [6, 6.07) is 0. The molecule has 3 nitrogen and oxygen atoms in total. The minimum atomic E-state index is -0.138. The molecule has 38 valence electrons. The molecular formula is C4H7N3. The highest BCUT2D eigenvalue weighted by molar-refractivity contribution is 5.57. The number of aliphatic imine (C=N–C) groups is 1. The van der Waals surface area contributed by atoms with E-state index in [2.05, 4.69) is 10.3 Å². The standard InChI is InChI=1S/C4H7N3/c5-4-1-2-6-3-7-4/h1-4H,5H2,(H,6,7). The molecule has 0 aromatic heterocycles. The Morgan fingerprint density at radius 1 is 1.71 bits per heavy atom. The van der Waals surface area contributed by atoms with Gasteiger partial charge in [0.15, 0.2) is 0 Å². The Hall–Kier alpha value is -0.830. The summed E-state index contributed by atoms with van der Waals surface area (Å²) in [5.74, 6) is 0. The Morgan fingerprint density at radius 3 is 2.86 bits per heavy atom. The van der Waals surface area contributed by atoms with Crippen LogP contribution in [0.1, 0.15) is 0 Å². The van der Waals surface area contributed by atoms with Crippen LogP contribution in [-0.2, 0) is 0 Å². The fourth-order valence-corrected chi connectivity index (χ4v) is 0.376. The minimum absolute atomic E-state index is 0.138. The Bertz CT molecular complexity index is 93.5. The molecule has 0 aromatic rings. The van der Waals surface area contributed by atoms with E-state index in [1.807, 2.05) is 0 Å². The third-order valence-corrected chi connectivity index (χ3v) is 0.711. The van der Waals surface area contributed by atoms with E-state index < -0.39 is 0 Å². The molecule has 0 amide bonds. The molecule has 1 heterocycles. The van der Waals surface area contributed by atoms with Gasteiger partial charge in [-0.25, -0.2) is 0 Å². The third kappa shape index (κ3) is 1.01. The van der Waals surface area contributed by atoms with Gasteiger partial charge in [-0.2, -0.15) is 0 Å². The van der Waals surface area contributed by atoms with Crippen molar-refractivity contribution in [1.82, 2.24) is 5.32 Å². The summed E-state index contributed by atoms with van der Waals surface area (Å²) < 4.78 is 0. The van der Waals surface area contributed by atoms with E-state index in [4.69, 9.17) is 5.73 Å². The van der Waals surface area contributed by atoms with E-state index in [0.717, 1.165) is 0 Å². The average Bonchev–Trinajstić information content (AvgIpc) is 1.69. The molecule has 1 atom stereocenters. The first-order valence-electron chi connectivity index (χ1n) is 2.09. The first kappa shape index (κ1) is 4.33. The van der Waals surface area contributed by atoms with E-state index >= 15 is 0 Å². The number of nitrogens with zero attached hydrogens (tertiary/aromatic N) is 1. The van der Waals surface area contributed by atoms with Crippen molar-refractivity contribution >= 4 is 6.34 Å². The van der Waals surface area contributed by atoms with E-state index in [-0.39, 0.29) is 6.17 Å². The average molecular weight is 97.1 g/mol. The summed E-state index contributed by atoms with van der Waals surface area (Å²) in [7, 11) is 0. The summed E-state index contributed by atoms with van der Waals surface area (Å²) in [6.07, 6.45) is 4.98. The zero-order valence-electron chi connectivity index (χ0n) is 3.83. The number of rotatable bonds is 0. The van der Waals surface area contributed by atoms with Crippen molar-refractivity contribution in [3.05, 3.63) is 12.3 Å².